The van der Waals surface area contributed by atoms with Gasteiger partial charge in [0.2, 0.25) is 5.91 Å². The van der Waals surface area contributed by atoms with Crippen LogP contribution in [-0.4, -0.2) is 64.7 Å². The molecule has 2 heterocycles. The monoisotopic (exact) mass is 342 g/mol. The first-order valence-electron chi connectivity index (χ1n) is 7.39. The van der Waals surface area contributed by atoms with Crippen LogP contribution in [0.3, 0.4) is 0 Å². The van der Waals surface area contributed by atoms with Gasteiger partial charge in [0.25, 0.3) is 5.92 Å². The quantitative estimate of drug-likeness (QED) is 0.744. The Kier molecular flexibility index (Phi) is 4.04. The fourth-order valence-corrected chi connectivity index (χ4v) is 2.82. The Morgan fingerprint density at radius 1 is 1.33 bits per heavy atom. The van der Waals surface area contributed by atoms with Crippen molar-refractivity contribution in [3.05, 3.63) is 23.8 Å². The number of aromatic hydroxyl groups is 1. The Balaban J connectivity index is 1.57. The second-order valence-electron chi connectivity index (χ2n) is 5.93. The molecule has 3 N–H and O–H groups in total. The molecule has 2 aliphatic rings. The summed E-state index contributed by atoms with van der Waals surface area (Å²) in [4.78, 5) is 24.6. The number of aromatic carboxylic acids is 1. The summed E-state index contributed by atoms with van der Waals surface area (Å²) < 4.78 is 31.8. The van der Waals surface area contributed by atoms with Crippen molar-refractivity contribution in [1.82, 2.24) is 10.2 Å². The van der Waals surface area contributed by atoms with Crippen molar-refractivity contribution in [2.45, 2.75) is 24.5 Å². The lowest BCUT2D eigenvalue weighted by molar-refractivity contribution is -0.142. The predicted molar refractivity (Wildman–Crippen MR) is 77.4 cm³/mol. The van der Waals surface area contributed by atoms with Crippen LogP contribution in [0.2, 0.25) is 0 Å². The Bertz CT molecular complexity index is 676. The van der Waals surface area contributed by atoms with Gasteiger partial charge in [0.15, 0.2) is 0 Å². The first kappa shape index (κ1) is 16.4. The molecule has 0 radical (unpaired) electrons. The minimum absolute atomic E-state index is 0.00474. The average Bonchev–Trinajstić information content (AvgIpc) is 2.81. The van der Waals surface area contributed by atoms with Gasteiger partial charge in [0, 0.05) is 6.42 Å². The van der Waals surface area contributed by atoms with E-state index in [0.717, 1.165) is 0 Å². The van der Waals surface area contributed by atoms with E-state index >= 15 is 0 Å². The fourth-order valence-electron chi connectivity index (χ4n) is 2.82. The number of phenols is 1. The van der Waals surface area contributed by atoms with Gasteiger partial charge in [-0.1, -0.05) is 6.07 Å². The van der Waals surface area contributed by atoms with E-state index in [0.29, 0.717) is 0 Å². The van der Waals surface area contributed by atoms with E-state index in [1.165, 1.54) is 23.1 Å². The normalized spacial score (nSPS) is 22.9. The third kappa shape index (κ3) is 3.12. The number of carbonyl (C=O) groups is 2. The van der Waals surface area contributed by atoms with Crippen LogP contribution in [0, 0.1) is 0 Å². The number of nitrogens with zero attached hydrogens (tertiary/aromatic N) is 1. The minimum atomic E-state index is -2.88. The zero-order chi connectivity index (χ0) is 17.5. The molecule has 1 aromatic rings. The number of rotatable bonds is 4. The molecular weight excluding hydrogens is 326 g/mol. The zero-order valence-electron chi connectivity index (χ0n) is 12.5. The molecule has 24 heavy (non-hydrogen) atoms. The molecule has 7 nitrogen and oxygen atoms in total. The van der Waals surface area contributed by atoms with Crippen molar-refractivity contribution in [1.29, 1.82) is 0 Å². The highest BCUT2D eigenvalue weighted by atomic mass is 19.3. The summed E-state index contributed by atoms with van der Waals surface area (Å²) in [5, 5.41) is 21.2. The van der Waals surface area contributed by atoms with E-state index in [1.807, 2.05) is 0 Å². The molecule has 0 bridgehead atoms. The Hall–Kier alpha value is -2.42. The Labute approximate surface area is 135 Å². The first-order valence-corrected chi connectivity index (χ1v) is 7.39. The number of carboxylic acids is 1. The number of hydrogen-bond acceptors (Lipinski definition) is 5. The summed E-state index contributed by atoms with van der Waals surface area (Å²) in [6.07, 6.45) is -0.973. The fraction of sp³-hybridized carbons (Fsp3) is 0.467. The lowest BCUT2D eigenvalue weighted by Gasteiger charge is -2.40. The summed E-state index contributed by atoms with van der Waals surface area (Å²) in [6, 6.07) is 3.19. The van der Waals surface area contributed by atoms with E-state index in [2.05, 4.69) is 5.32 Å². The number of alkyl halides is 2. The standard InChI is InChI=1S/C15H16F2N2O5/c16-15(17)4-9(18-7-15)13(21)19-5-8(6-19)24-11-3-1-2-10(20)12(11)14(22)23/h1-3,8-9,18,20H,4-7H2,(H,22,23)/t9-/m0/s1. The van der Waals surface area contributed by atoms with Crippen molar-refractivity contribution < 1.29 is 33.3 Å². The maximum absolute atomic E-state index is 13.1. The SMILES string of the molecule is O=C(O)c1c(O)cccc1OC1CN(C(=O)[C@@H]2CC(F)(F)CN2)C1. The number of carbonyl (C=O) groups excluding carboxylic acids is 1. The first-order chi connectivity index (χ1) is 11.3. The number of nitrogens with one attached hydrogen (secondary N) is 1. The third-order valence-electron chi connectivity index (χ3n) is 4.08. The van der Waals surface area contributed by atoms with Crippen molar-refractivity contribution in [3.63, 3.8) is 0 Å². The molecule has 9 heteroatoms. The van der Waals surface area contributed by atoms with Gasteiger partial charge < -0.3 is 19.8 Å². The van der Waals surface area contributed by atoms with Gasteiger partial charge >= 0.3 is 5.97 Å². The summed E-state index contributed by atoms with van der Waals surface area (Å²) in [5.41, 5.74) is -0.348. The van der Waals surface area contributed by atoms with Crippen LogP contribution in [0.15, 0.2) is 18.2 Å². The molecule has 3 rings (SSSR count). The van der Waals surface area contributed by atoms with Gasteiger partial charge in [-0.2, -0.15) is 0 Å². The van der Waals surface area contributed by atoms with Gasteiger partial charge in [-0.15, -0.1) is 0 Å². The van der Waals surface area contributed by atoms with Crippen LogP contribution in [0.1, 0.15) is 16.8 Å². The van der Waals surface area contributed by atoms with Crippen molar-refractivity contribution in [2.24, 2.45) is 0 Å². The molecule has 130 valence electrons. The van der Waals surface area contributed by atoms with Crippen LogP contribution in [-0.2, 0) is 4.79 Å². The Morgan fingerprint density at radius 2 is 2.04 bits per heavy atom. The number of hydrogen-bond donors (Lipinski definition) is 3. The van der Waals surface area contributed by atoms with Gasteiger partial charge in [-0.3, -0.25) is 10.1 Å². The van der Waals surface area contributed by atoms with Crippen molar-refractivity contribution in [2.75, 3.05) is 19.6 Å². The topological polar surface area (TPSA) is 99.1 Å². The van der Waals surface area contributed by atoms with Gasteiger partial charge in [-0.25, -0.2) is 13.6 Å². The van der Waals surface area contributed by atoms with Crippen LogP contribution >= 0.6 is 0 Å². The lowest BCUT2D eigenvalue weighted by atomic mass is 10.1. The van der Waals surface area contributed by atoms with Crippen LogP contribution in [0.25, 0.3) is 0 Å². The molecular formula is C15H16F2N2O5. The molecule has 0 spiro atoms. The number of carboxylic acid groups (broad SMARTS) is 1. The molecule has 0 saturated carbocycles. The molecule has 2 aliphatic heterocycles. The molecule has 1 aromatic carbocycles. The summed E-state index contributed by atoms with van der Waals surface area (Å²) in [6.45, 7) is -0.156. The lowest BCUT2D eigenvalue weighted by Crippen LogP contribution is -2.59. The second kappa shape index (κ2) is 5.90. The van der Waals surface area contributed by atoms with E-state index in [1.54, 1.807) is 0 Å². The molecule has 1 amide bonds. The molecule has 0 unspecified atom stereocenters. The van der Waals surface area contributed by atoms with E-state index < -0.39 is 48.7 Å². The van der Waals surface area contributed by atoms with Gasteiger partial charge in [0.1, 0.15) is 23.2 Å². The maximum atomic E-state index is 13.1. The minimum Gasteiger partial charge on any atom is -0.507 e. The Morgan fingerprint density at radius 3 is 2.62 bits per heavy atom. The molecule has 0 aromatic heterocycles. The maximum Gasteiger partial charge on any atom is 0.343 e. The van der Waals surface area contributed by atoms with Crippen LogP contribution in [0.4, 0.5) is 8.78 Å². The zero-order valence-corrected chi connectivity index (χ0v) is 12.5. The number of halogens is 2. The summed E-state index contributed by atoms with van der Waals surface area (Å²) in [7, 11) is 0. The summed E-state index contributed by atoms with van der Waals surface area (Å²) >= 11 is 0. The van der Waals surface area contributed by atoms with Crippen LogP contribution < -0.4 is 10.1 Å². The van der Waals surface area contributed by atoms with Crippen LogP contribution in [0.5, 0.6) is 11.5 Å². The van der Waals surface area contributed by atoms with Crippen molar-refractivity contribution in [3.8, 4) is 11.5 Å². The predicted octanol–water partition coefficient (Wildman–Crippen LogP) is 0.677. The highest BCUT2D eigenvalue weighted by Crippen LogP contribution is 2.31. The van der Waals surface area contributed by atoms with Gasteiger partial charge in [-0.05, 0) is 12.1 Å². The molecule has 1 atom stereocenters. The van der Waals surface area contributed by atoms with E-state index in [4.69, 9.17) is 9.84 Å². The third-order valence-corrected chi connectivity index (χ3v) is 4.08. The largest absolute Gasteiger partial charge is 0.507 e. The van der Waals surface area contributed by atoms with Gasteiger partial charge in [0.05, 0.1) is 25.7 Å². The van der Waals surface area contributed by atoms with E-state index in [9.17, 15) is 23.5 Å². The molecule has 2 fully saturated rings. The number of ether oxygens (including phenoxy) is 1. The van der Waals surface area contributed by atoms with E-state index in [-0.39, 0.29) is 24.4 Å². The number of likely N-dealkylation sites (tertiary alicyclic amines) is 1. The number of amides is 1. The smallest absolute Gasteiger partial charge is 0.343 e. The number of benzene rings is 1. The molecule has 2 saturated heterocycles. The molecule has 0 aliphatic carbocycles. The van der Waals surface area contributed by atoms with Crippen molar-refractivity contribution >= 4 is 11.9 Å². The average molecular weight is 342 g/mol. The summed E-state index contributed by atoms with van der Waals surface area (Å²) in [5.74, 6) is -5.03. The highest BCUT2D eigenvalue weighted by Gasteiger charge is 2.45. The highest BCUT2D eigenvalue weighted by molar-refractivity contribution is 5.94. The second-order valence-corrected chi connectivity index (χ2v) is 5.93.